The van der Waals surface area contributed by atoms with E-state index in [4.69, 9.17) is 9.90 Å². The minimum atomic E-state index is -5.08. The third-order valence-corrected chi connectivity index (χ3v) is 4.98. The van der Waals surface area contributed by atoms with Crippen molar-refractivity contribution in [2.75, 3.05) is 13.1 Å². The smallest absolute Gasteiger partial charge is 0.475 e. The van der Waals surface area contributed by atoms with Crippen LogP contribution >= 0.6 is 0 Å². The number of fused-ring (bicyclic) bond motifs is 1. The van der Waals surface area contributed by atoms with Gasteiger partial charge in [0, 0.05) is 55.1 Å². The molecule has 160 valence electrons. The van der Waals surface area contributed by atoms with E-state index in [1.165, 1.54) is 18.4 Å². The highest BCUT2D eigenvalue weighted by molar-refractivity contribution is 5.77. The number of nitrogens with zero attached hydrogens (tertiary/aromatic N) is 4. The van der Waals surface area contributed by atoms with Crippen LogP contribution in [0, 0.1) is 5.92 Å². The first-order valence-corrected chi connectivity index (χ1v) is 9.56. The highest BCUT2D eigenvalue weighted by Gasteiger charge is 2.38. The Bertz CT molecular complexity index is 902. The molecule has 1 saturated carbocycles. The van der Waals surface area contributed by atoms with Gasteiger partial charge in [-0.3, -0.25) is 9.78 Å². The number of carboxylic acids is 1. The molecule has 2 aromatic rings. The fourth-order valence-electron chi connectivity index (χ4n) is 3.23. The van der Waals surface area contributed by atoms with E-state index in [0.717, 1.165) is 49.3 Å². The highest BCUT2D eigenvalue weighted by Crippen LogP contribution is 2.33. The molecule has 0 saturated heterocycles. The Balaban J connectivity index is 0.000000318. The van der Waals surface area contributed by atoms with E-state index in [-0.39, 0.29) is 0 Å². The maximum absolute atomic E-state index is 12.4. The Morgan fingerprint density at radius 2 is 1.87 bits per heavy atom. The molecule has 0 spiro atoms. The van der Waals surface area contributed by atoms with Gasteiger partial charge in [0.25, 0.3) is 0 Å². The Morgan fingerprint density at radius 1 is 1.17 bits per heavy atom. The fraction of sp³-hybridized carbons (Fsp3) is 0.450. The van der Waals surface area contributed by atoms with E-state index in [9.17, 15) is 18.0 Å². The Labute approximate surface area is 171 Å². The van der Waals surface area contributed by atoms with Crippen molar-refractivity contribution < 1.29 is 27.9 Å². The average Bonchev–Trinajstić information content (AvgIpc) is 3.54. The number of rotatable bonds is 3. The Morgan fingerprint density at radius 3 is 2.47 bits per heavy atom. The maximum atomic E-state index is 12.4. The summed E-state index contributed by atoms with van der Waals surface area (Å²) in [4.78, 5) is 36.4. The van der Waals surface area contributed by atoms with E-state index < -0.39 is 12.1 Å². The lowest BCUT2D eigenvalue weighted by molar-refractivity contribution is -0.192. The van der Waals surface area contributed by atoms with Gasteiger partial charge in [0.15, 0.2) is 0 Å². The number of hydrogen-bond acceptors (Lipinski definition) is 5. The van der Waals surface area contributed by atoms with Gasteiger partial charge >= 0.3 is 12.1 Å². The first-order valence-electron chi connectivity index (χ1n) is 9.56. The highest BCUT2D eigenvalue weighted by atomic mass is 19.4. The van der Waals surface area contributed by atoms with Crippen molar-refractivity contribution in [3.05, 3.63) is 42.1 Å². The molecule has 1 aliphatic carbocycles. The lowest BCUT2D eigenvalue weighted by atomic mass is 10.0. The van der Waals surface area contributed by atoms with Crippen LogP contribution in [0.25, 0.3) is 11.3 Å². The SMILES string of the molecule is O=C(CC1CC1)N1CCc2ncnc(-c3cccnc3)c2CC1.O=C(O)C(F)(F)F. The van der Waals surface area contributed by atoms with Crippen molar-refractivity contribution in [3.63, 3.8) is 0 Å². The molecule has 1 N–H and O–H groups in total. The molecule has 2 aliphatic rings. The lowest BCUT2D eigenvalue weighted by Gasteiger charge is -2.20. The third kappa shape index (κ3) is 5.74. The molecule has 1 amide bonds. The topological polar surface area (TPSA) is 96.3 Å². The number of hydrogen-bond donors (Lipinski definition) is 1. The van der Waals surface area contributed by atoms with Crippen LogP contribution in [0.4, 0.5) is 13.2 Å². The summed E-state index contributed by atoms with van der Waals surface area (Å²) < 4.78 is 31.7. The molecule has 0 radical (unpaired) electrons. The van der Waals surface area contributed by atoms with Crippen LogP contribution in [-0.4, -0.2) is 56.1 Å². The van der Waals surface area contributed by atoms with Crippen LogP contribution in [-0.2, 0) is 22.4 Å². The Kier molecular flexibility index (Phi) is 6.63. The van der Waals surface area contributed by atoms with Gasteiger partial charge in [0.05, 0.1) is 5.69 Å². The molecule has 0 aromatic carbocycles. The number of carbonyl (C=O) groups is 2. The van der Waals surface area contributed by atoms with Crippen molar-refractivity contribution in [2.45, 2.75) is 38.3 Å². The normalized spacial score (nSPS) is 16.0. The molecule has 0 bridgehead atoms. The monoisotopic (exact) mass is 422 g/mol. The summed E-state index contributed by atoms with van der Waals surface area (Å²) in [5, 5.41) is 7.12. The van der Waals surface area contributed by atoms with Crippen molar-refractivity contribution in [2.24, 2.45) is 5.92 Å². The lowest BCUT2D eigenvalue weighted by Crippen LogP contribution is -2.33. The number of aliphatic carboxylic acids is 1. The minimum Gasteiger partial charge on any atom is -0.475 e. The molecule has 0 atom stereocenters. The zero-order valence-electron chi connectivity index (χ0n) is 16.1. The van der Waals surface area contributed by atoms with Crippen molar-refractivity contribution in [3.8, 4) is 11.3 Å². The van der Waals surface area contributed by atoms with Crippen LogP contribution in [0.3, 0.4) is 0 Å². The van der Waals surface area contributed by atoms with E-state index >= 15 is 0 Å². The summed E-state index contributed by atoms with van der Waals surface area (Å²) in [6.07, 6.45) is 4.93. The van der Waals surface area contributed by atoms with Gasteiger partial charge in [0.1, 0.15) is 6.33 Å². The second-order valence-corrected chi connectivity index (χ2v) is 7.22. The van der Waals surface area contributed by atoms with Gasteiger partial charge in [-0.15, -0.1) is 0 Å². The predicted molar refractivity (Wildman–Crippen MR) is 100 cm³/mol. The predicted octanol–water partition coefficient (Wildman–Crippen LogP) is 2.90. The van der Waals surface area contributed by atoms with Crippen molar-refractivity contribution >= 4 is 11.9 Å². The quantitative estimate of drug-likeness (QED) is 0.817. The molecule has 4 rings (SSSR count). The van der Waals surface area contributed by atoms with E-state index in [1.54, 1.807) is 12.5 Å². The number of amides is 1. The molecule has 3 heterocycles. The molecule has 2 aromatic heterocycles. The standard InChI is InChI=1S/C18H20N4O.C2HF3O2/c23-17(10-13-3-4-13)22-8-5-15-16(6-9-22)20-12-21-18(15)14-2-1-7-19-11-14;3-2(4,5)1(6)7/h1-2,7,11-13H,3-6,8-10H2;(H,6,7). The minimum absolute atomic E-state index is 0.302. The number of aromatic nitrogens is 3. The molecule has 30 heavy (non-hydrogen) atoms. The largest absolute Gasteiger partial charge is 0.490 e. The molecule has 7 nitrogen and oxygen atoms in total. The summed E-state index contributed by atoms with van der Waals surface area (Å²) in [6, 6.07) is 3.95. The summed E-state index contributed by atoms with van der Waals surface area (Å²) in [5.74, 6) is -1.82. The molecular weight excluding hydrogens is 401 g/mol. The van der Waals surface area contributed by atoms with Crippen molar-refractivity contribution in [1.82, 2.24) is 19.9 Å². The van der Waals surface area contributed by atoms with Gasteiger partial charge in [-0.05, 0) is 37.3 Å². The third-order valence-electron chi connectivity index (χ3n) is 4.98. The number of halogens is 3. The fourth-order valence-corrected chi connectivity index (χ4v) is 3.23. The first kappa shape index (κ1) is 21.7. The molecular formula is C20H21F3N4O3. The first-order chi connectivity index (χ1) is 14.3. The van der Waals surface area contributed by atoms with Crippen LogP contribution in [0.15, 0.2) is 30.9 Å². The zero-order chi connectivity index (χ0) is 21.7. The number of carbonyl (C=O) groups excluding carboxylic acids is 1. The van der Waals surface area contributed by atoms with Crippen molar-refractivity contribution in [1.29, 1.82) is 0 Å². The number of carboxylic acid groups (broad SMARTS) is 1. The second-order valence-electron chi connectivity index (χ2n) is 7.22. The second kappa shape index (κ2) is 9.19. The van der Waals surface area contributed by atoms with E-state index in [0.29, 0.717) is 11.8 Å². The summed E-state index contributed by atoms with van der Waals surface area (Å²) in [5.41, 5.74) is 4.21. The number of alkyl halides is 3. The summed E-state index contributed by atoms with van der Waals surface area (Å²) >= 11 is 0. The van der Waals surface area contributed by atoms with Crippen LogP contribution in [0.2, 0.25) is 0 Å². The zero-order valence-corrected chi connectivity index (χ0v) is 16.1. The van der Waals surface area contributed by atoms with Gasteiger partial charge in [0.2, 0.25) is 5.91 Å². The van der Waals surface area contributed by atoms with E-state index in [2.05, 4.69) is 15.0 Å². The summed E-state index contributed by atoms with van der Waals surface area (Å²) in [6.45, 7) is 1.53. The molecule has 1 fully saturated rings. The molecule has 1 aliphatic heterocycles. The van der Waals surface area contributed by atoms with E-state index in [1.807, 2.05) is 23.2 Å². The maximum Gasteiger partial charge on any atom is 0.490 e. The Hall–Kier alpha value is -3.04. The van der Waals surface area contributed by atoms with Gasteiger partial charge in [-0.2, -0.15) is 13.2 Å². The summed E-state index contributed by atoms with van der Waals surface area (Å²) in [7, 11) is 0. The van der Waals surface area contributed by atoms with Crippen LogP contribution < -0.4 is 0 Å². The van der Waals surface area contributed by atoms with Gasteiger partial charge < -0.3 is 10.0 Å². The molecule has 10 heteroatoms. The van der Waals surface area contributed by atoms with Crippen LogP contribution in [0.1, 0.15) is 30.5 Å². The van der Waals surface area contributed by atoms with Gasteiger partial charge in [-0.1, -0.05) is 0 Å². The van der Waals surface area contributed by atoms with Crippen LogP contribution in [0.5, 0.6) is 0 Å². The molecule has 0 unspecified atom stereocenters. The van der Waals surface area contributed by atoms with Gasteiger partial charge in [-0.25, -0.2) is 14.8 Å². The average molecular weight is 422 g/mol. The number of pyridine rings is 1.